The first-order valence-corrected chi connectivity index (χ1v) is 5.84. The van der Waals surface area contributed by atoms with Crippen molar-refractivity contribution in [3.05, 3.63) is 52.3 Å². The van der Waals surface area contributed by atoms with E-state index >= 15 is 0 Å². The minimum atomic E-state index is 0.641. The Morgan fingerprint density at radius 2 is 2.00 bits per heavy atom. The lowest BCUT2D eigenvalue weighted by Gasteiger charge is -2.16. The molecule has 0 amide bonds. The molecule has 3 heteroatoms. The molecule has 1 aliphatic rings. The van der Waals surface area contributed by atoms with E-state index in [0.717, 1.165) is 21.9 Å². The molecule has 0 radical (unpaired) electrons. The molecule has 2 rings (SSSR count). The van der Waals surface area contributed by atoms with E-state index in [9.17, 15) is 0 Å². The average Bonchev–Trinajstić information content (AvgIpc) is 2.35. The van der Waals surface area contributed by atoms with Gasteiger partial charge in [0.05, 0.1) is 12.9 Å². The molecule has 0 bridgehead atoms. The molecule has 88 valence electrons. The van der Waals surface area contributed by atoms with Crippen LogP contribution in [0.2, 0.25) is 5.02 Å². The van der Waals surface area contributed by atoms with Crippen LogP contribution in [0.15, 0.2) is 41.7 Å². The molecule has 0 aliphatic heterocycles. The van der Waals surface area contributed by atoms with E-state index < -0.39 is 0 Å². The fraction of sp³-hybridized carbons (Fsp3) is 0.214. The minimum absolute atomic E-state index is 0.641. The van der Waals surface area contributed by atoms with Crippen LogP contribution < -0.4 is 0 Å². The Morgan fingerprint density at radius 1 is 1.29 bits per heavy atom. The number of rotatable bonds is 2. The van der Waals surface area contributed by atoms with Gasteiger partial charge in [0.25, 0.3) is 0 Å². The standard InChI is InChI=1S/C14H14ClNO/c1-17-13-6-7-14(16)11(9-13)8-10-2-4-12(15)5-3-10/h2-6,8,16H,7,9H2,1H3. The van der Waals surface area contributed by atoms with Crippen molar-refractivity contribution < 1.29 is 4.74 Å². The highest BCUT2D eigenvalue weighted by Gasteiger charge is 2.13. The maximum atomic E-state index is 7.91. The van der Waals surface area contributed by atoms with Crippen LogP contribution in [-0.2, 0) is 4.74 Å². The third-order valence-corrected chi connectivity index (χ3v) is 3.01. The van der Waals surface area contributed by atoms with Crippen LogP contribution in [0.1, 0.15) is 18.4 Å². The largest absolute Gasteiger partial charge is 0.501 e. The molecule has 0 saturated heterocycles. The Kier molecular flexibility index (Phi) is 3.64. The van der Waals surface area contributed by atoms with Gasteiger partial charge in [0.2, 0.25) is 0 Å². The lowest BCUT2D eigenvalue weighted by atomic mass is 9.95. The van der Waals surface area contributed by atoms with Crippen LogP contribution in [0.3, 0.4) is 0 Å². The summed E-state index contributed by atoms with van der Waals surface area (Å²) in [6.07, 6.45) is 5.31. The van der Waals surface area contributed by atoms with Crippen molar-refractivity contribution >= 4 is 23.4 Å². The number of hydrogen-bond acceptors (Lipinski definition) is 2. The summed E-state index contributed by atoms with van der Waals surface area (Å²) in [6.45, 7) is 0. The van der Waals surface area contributed by atoms with Crippen LogP contribution in [0.5, 0.6) is 0 Å². The maximum absolute atomic E-state index is 7.91. The lowest BCUT2D eigenvalue weighted by Crippen LogP contribution is -2.08. The van der Waals surface area contributed by atoms with Gasteiger partial charge in [0, 0.05) is 23.6 Å². The molecular weight excluding hydrogens is 234 g/mol. The summed E-state index contributed by atoms with van der Waals surface area (Å²) in [4.78, 5) is 0. The van der Waals surface area contributed by atoms with Crippen LogP contribution in [-0.4, -0.2) is 12.8 Å². The summed E-state index contributed by atoms with van der Waals surface area (Å²) in [7, 11) is 1.67. The fourth-order valence-corrected chi connectivity index (χ4v) is 1.89. The highest BCUT2D eigenvalue weighted by Crippen LogP contribution is 2.23. The molecule has 0 spiro atoms. The SMILES string of the molecule is COC1=CCC(=N)C(=Cc2ccc(Cl)cc2)C1. The zero-order valence-corrected chi connectivity index (χ0v) is 10.4. The van der Waals surface area contributed by atoms with Crippen molar-refractivity contribution in [1.82, 2.24) is 0 Å². The first-order chi connectivity index (χ1) is 8.19. The Balaban J connectivity index is 2.24. The van der Waals surface area contributed by atoms with Crippen LogP contribution in [0.4, 0.5) is 0 Å². The zero-order valence-electron chi connectivity index (χ0n) is 9.66. The quantitative estimate of drug-likeness (QED) is 0.840. The summed E-state index contributed by atoms with van der Waals surface area (Å²) in [5.41, 5.74) is 2.72. The van der Waals surface area contributed by atoms with Gasteiger partial charge in [-0.3, -0.25) is 0 Å². The Morgan fingerprint density at radius 3 is 2.65 bits per heavy atom. The van der Waals surface area contributed by atoms with Gasteiger partial charge in [-0.05, 0) is 35.4 Å². The van der Waals surface area contributed by atoms with E-state index in [1.807, 2.05) is 36.4 Å². The van der Waals surface area contributed by atoms with Gasteiger partial charge >= 0.3 is 0 Å². The minimum Gasteiger partial charge on any atom is -0.501 e. The topological polar surface area (TPSA) is 33.1 Å². The van der Waals surface area contributed by atoms with Crippen molar-refractivity contribution in [3.8, 4) is 0 Å². The number of allylic oxidation sites excluding steroid dienone is 2. The molecule has 1 aliphatic carbocycles. The average molecular weight is 248 g/mol. The van der Waals surface area contributed by atoms with Gasteiger partial charge in [0.1, 0.15) is 0 Å². The van der Waals surface area contributed by atoms with Crippen LogP contribution >= 0.6 is 11.6 Å². The predicted molar refractivity (Wildman–Crippen MR) is 71.5 cm³/mol. The van der Waals surface area contributed by atoms with Crippen LogP contribution in [0.25, 0.3) is 6.08 Å². The van der Waals surface area contributed by atoms with Gasteiger partial charge < -0.3 is 10.1 Å². The number of nitrogens with one attached hydrogen (secondary N) is 1. The fourth-order valence-electron chi connectivity index (χ4n) is 1.77. The van der Waals surface area contributed by atoms with Crippen molar-refractivity contribution in [2.45, 2.75) is 12.8 Å². The van der Waals surface area contributed by atoms with Gasteiger partial charge in [0.15, 0.2) is 0 Å². The van der Waals surface area contributed by atoms with E-state index in [1.165, 1.54) is 0 Å². The Hall–Kier alpha value is -1.54. The number of benzene rings is 1. The van der Waals surface area contributed by atoms with Gasteiger partial charge in [-0.15, -0.1) is 0 Å². The molecule has 1 aromatic carbocycles. The van der Waals surface area contributed by atoms with Gasteiger partial charge in [-0.1, -0.05) is 23.7 Å². The molecule has 0 aromatic heterocycles. The molecule has 0 unspecified atom stereocenters. The third kappa shape index (κ3) is 2.98. The number of halogens is 1. The Bertz CT molecular complexity index is 485. The summed E-state index contributed by atoms with van der Waals surface area (Å²) in [5, 5.41) is 8.63. The monoisotopic (exact) mass is 247 g/mol. The van der Waals surface area contributed by atoms with E-state index in [4.69, 9.17) is 21.7 Å². The normalized spacial score (nSPS) is 18.1. The number of hydrogen-bond donors (Lipinski definition) is 1. The summed E-state index contributed by atoms with van der Waals surface area (Å²) in [5.74, 6) is 0.932. The summed E-state index contributed by atoms with van der Waals surface area (Å²) in [6, 6.07) is 7.61. The molecule has 1 aromatic rings. The highest BCUT2D eigenvalue weighted by atomic mass is 35.5. The molecule has 2 nitrogen and oxygen atoms in total. The van der Waals surface area contributed by atoms with E-state index in [-0.39, 0.29) is 0 Å². The lowest BCUT2D eigenvalue weighted by molar-refractivity contribution is 0.281. The second-order valence-corrected chi connectivity index (χ2v) is 4.39. The van der Waals surface area contributed by atoms with Gasteiger partial charge in [-0.25, -0.2) is 0 Å². The zero-order chi connectivity index (χ0) is 12.3. The van der Waals surface area contributed by atoms with E-state index in [1.54, 1.807) is 7.11 Å². The summed E-state index contributed by atoms with van der Waals surface area (Å²) >= 11 is 5.84. The van der Waals surface area contributed by atoms with Gasteiger partial charge in [-0.2, -0.15) is 0 Å². The summed E-state index contributed by atoms with van der Waals surface area (Å²) < 4.78 is 5.23. The molecule has 0 fully saturated rings. The molecule has 0 atom stereocenters. The van der Waals surface area contributed by atoms with Crippen molar-refractivity contribution in [2.24, 2.45) is 0 Å². The molecule has 17 heavy (non-hydrogen) atoms. The number of methoxy groups -OCH3 is 1. The van der Waals surface area contributed by atoms with E-state index in [2.05, 4.69) is 0 Å². The Labute approximate surface area is 106 Å². The van der Waals surface area contributed by atoms with Crippen molar-refractivity contribution in [2.75, 3.05) is 7.11 Å². The van der Waals surface area contributed by atoms with E-state index in [0.29, 0.717) is 18.6 Å². The number of ether oxygens (including phenoxy) is 1. The molecular formula is C14H14ClNO. The smallest absolute Gasteiger partial charge is 0.0964 e. The van der Waals surface area contributed by atoms with Crippen molar-refractivity contribution in [3.63, 3.8) is 0 Å². The van der Waals surface area contributed by atoms with Crippen molar-refractivity contribution in [1.29, 1.82) is 5.41 Å². The first-order valence-electron chi connectivity index (χ1n) is 5.46. The first kappa shape index (κ1) is 11.9. The third-order valence-electron chi connectivity index (χ3n) is 2.76. The molecule has 0 heterocycles. The molecule has 0 saturated carbocycles. The second kappa shape index (κ2) is 5.19. The highest BCUT2D eigenvalue weighted by molar-refractivity contribution is 6.30. The predicted octanol–water partition coefficient (Wildman–Crippen LogP) is 4.07. The molecule has 1 N–H and O–H groups in total. The maximum Gasteiger partial charge on any atom is 0.0964 e. The van der Waals surface area contributed by atoms with Crippen LogP contribution in [0, 0.1) is 5.41 Å². The second-order valence-electron chi connectivity index (χ2n) is 3.96.